The van der Waals surface area contributed by atoms with Crippen molar-refractivity contribution in [1.29, 1.82) is 0 Å². The number of ether oxygens (including phenoxy) is 1. The van der Waals surface area contributed by atoms with Crippen molar-refractivity contribution >= 4 is 11.9 Å². The van der Waals surface area contributed by atoms with Crippen LogP contribution in [0.2, 0.25) is 0 Å². The van der Waals surface area contributed by atoms with Crippen molar-refractivity contribution in [2.75, 3.05) is 27.2 Å². The second-order valence-electron chi connectivity index (χ2n) is 5.95. The zero-order valence-electron chi connectivity index (χ0n) is 15.0. The van der Waals surface area contributed by atoms with Gasteiger partial charge in [-0.25, -0.2) is 0 Å². The molecular formula is C18H28N4O2. The first-order valence-electron chi connectivity index (χ1n) is 7.93. The van der Waals surface area contributed by atoms with Crippen LogP contribution in [0.15, 0.2) is 41.9 Å². The molecule has 1 aromatic rings. The minimum atomic E-state index is -0.530. The summed E-state index contributed by atoms with van der Waals surface area (Å²) >= 11 is 0. The second-order valence-corrected chi connectivity index (χ2v) is 5.95. The van der Waals surface area contributed by atoms with Gasteiger partial charge >= 0.3 is 0 Å². The van der Waals surface area contributed by atoms with Crippen molar-refractivity contribution in [2.45, 2.75) is 20.4 Å². The molecule has 0 fully saturated rings. The number of amides is 1. The Bertz CT molecular complexity index is 582. The summed E-state index contributed by atoms with van der Waals surface area (Å²) in [7, 11) is 3.33. The van der Waals surface area contributed by atoms with Crippen molar-refractivity contribution in [1.82, 2.24) is 16.0 Å². The van der Waals surface area contributed by atoms with E-state index in [-0.39, 0.29) is 5.91 Å². The summed E-state index contributed by atoms with van der Waals surface area (Å²) in [5.41, 5.74) is 0.491. The molecular weight excluding hydrogens is 304 g/mol. The molecule has 24 heavy (non-hydrogen) atoms. The first-order chi connectivity index (χ1) is 11.4. The fraction of sp³-hybridized carbons (Fsp3) is 0.444. The molecule has 0 saturated carbocycles. The number of hydrogen-bond acceptors (Lipinski definition) is 3. The van der Waals surface area contributed by atoms with Gasteiger partial charge in [-0.15, -0.1) is 0 Å². The molecule has 1 aromatic carbocycles. The highest BCUT2D eigenvalue weighted by Gasteiger charge is 2.26. The standard InChI is InChI=1S/C18H28N4O2/c1-6-11-24-15-10-8-7-9-14(15)12-21-17(20-5)22-13-18(2,3)16(23)19-4/h6-10H,1,11-13H2,2-5H3,(H,19,23)(H2,20,21,22). The van der Waals surface area contributed by atoms with E-state index in [1.165, 1.54) is 0 Å². The van der Waals surface area contributed by atoms with Crippen LogP contribution in [0.1, 0.15) is 19.4 Å². The summed E-state index contributed by atoms with van der Waals surface area (Å²) in [6, 6.07) is 7.81. The lowest BCUT2D eigenvalue weighted by molar-refractivity contribution is -0.128. The van der Waals surface area contributed by atoms with Crippen LogP contribution in [0.5, 0.6) is 5.75 Å². The van der Waals surface area contributed by atoms with E-state index in [4.69, 9.17) is 4.74 Å². The Kier molecular flexibility index (Phi) is 7.82. The lowest BCUT2D eigenvalue weighted by Crippen LogP contribution is -2.47. The Morgan fingerprint density at radius 1 is 1.33 bits per heavy atom. The monoisotopic (exact) mass is 332 g/mol. The molecule has 6 heteroatoms. The fourth-order valence-corrected chi connectivity index (χ4v) is 2.06. The van der Waals surface area contributed by atoms with Gasteiger partial charge < -0.3 is 20.7 Å². The van der Waals surface area contributed by atoms with Gasteiger partial charge in [0.15, 0.2) is 5.96 Å². The highest BCUT2D eigenvalue weighted by molar-refractivity contribution is 5.84. The Morgan fingerprint density at radius 3 is 2.67 bits per heavy atom. The maximum atomic E-state index is 11.8. The molecule has 3 N–H and O–H groups in total. The Labute approximate surface area is 144 Å². The van der Waals surface area contributed by atoms with Crippen LogP contribution in [-0.4, -0.2) is 39.1 Å². The number of aliphatic imine (C=N–C) groups is 1. The van der Waals surface area contributed by atoms with Crippen LogP contribution in [0.25, 0.3) is 0 Å². The van der Waals surface area contributed by atoms with Crippen molar-refractivity contribution in [3.8, 4) is 5.75 Å². The average molecular weight is 332 g/mol. The summed E-state index contributed by atoms with van der Waals surface area (Å²) in [6.45, 7) is 8.92. The molecule has 132 valence electrons. The van der Waals surface area contributed by atoms with E-state index in [0.717, 1.165) is 11.3 Å². The summed E-state index contributed by atoms with van der Waals surface area (Å²) in [4.78, 5) is 16.0. The number of nitrogens with one attached hydrogen (secondary N) is 3. The van der Waals surface area contributed by atoms with E-state index >= 15 is 0 Å². The van der Waals surface area contributed by atoms with Crippen LogP contribution in [0, 0.1) is 5.41 Å². The van der Waals surface area contributed by atoms with Gasteiger partial charge in [0.05, 0.1) is 5.41 Å². The molecule has 6 nitrogen and oxygen atoms in total. The van der Waals surface area contributed by atoms with Crippen LogP contribution in [0.3, 0.4) is 0 Å². The van der Waals surface area contributed by atoms with Gasteiger partial charge in [-0.2, -0.15) is 0 Å². The number of para-hydroxylation sites is 1. The SMILES string of the molecule is C=CCOc1ccccc1CNC(=NC)NCC(C)(C)C(=O)NC. The van der Waals surface area contributed by atoms with E-state index in [0.29, 0.717) is 25.7 Å². The maximum Gasteiger partial charge on any atom is 0.227 e. The Balaban J connectivity index is 2.62. The lowest BCUT2D eigenvalue weighted by atomic mass is 9.92. The first kappa shape index (κ1) is 19.5. The minimum absolute atomic E-state index is 0.0198. The highest BCUT2D eigenvalue weighted by Crippen LogP contribution is 2.17. The number of benzene rings is 1. The van der Waals surface area contributed by atoms with E-state index in [1.54, 1.807) is 20.2 Å². The smallest absolute Gasteiger partial charge is 0.227 e. The number of hydrogen-bond donors (Lipinski definition) is 3. The molecule has 0 aliphatic heterocycles. The van der Waals surface area contributed by atoms with Gasteiger partial charge in [0, 0.05) is 32.7 Å². The number of carbonyl (C=O) groups is 1. The number of rotatable bonds is 8. The molecule has 0 atom stereocenters. The zero-order chi connectivity index (χ0) is 18.0. The summed E-state index contributed by atoms with van der Waals surface area (Å²) < 4.78 is 5.64. The molecule has 0 saturated heterocycles. The molecule has 0 aliphatic rings. The van der Waals surface area contributed by atoms with Gasteiger partial charge in [0.25, 0.3) is 0 Å². The summed E-state index contributed by atoms with van der Waals surface area (Å²) in [6.07, 6.45) is 1.71. The predicted octanol–water partition coefficient (Wildman–Crippen LogP) is 1.69. The summed E-state index contributed by atoms with van der Waals surface area (Å²) in [5.74, 6) is 1.42. The number of carbonyl (C=O) groups excluding carboxylic acids is 1. The third kappa shape index (κ3) is 5.95. The molecule has 0 aromatic heterocycles. The van der Waals surface area contributed by atoms with Gasteiger partial charge in [-0.1, -0.05) is 30.9 Å². The van der Waals surface area contributed by atoms with Crippen LogP contribution < -0.4 is 20.7 Å². The number of guanidine groups is 1. The zero-order valence-corrected chi connectivity index (χ0v) is 15.0. The molecule has 1 amide bonds. The van der Waals surface area contributed by atoms with Crippen LogP contribution in [0.4, 0.5) is 0 Å². The van der Waals surface area contributed by atoms with E-state index < -0.39 is 5.41 Å². The topological polar surface area (TPSA) is 74.8 Å². The largest absolute Gasteiger partial charge is 0.489 e. The van der Waals surface area contributed by atoms with E-state index in [1.807, 2.05) is 38.1 Å². The van der Waals surface area contributed by atoms with Gasteiger partial charge in [0.2, 0.25) is 5.91 Å². The molecule has 0 unspecified atom stereocenters. The molecule has 0 heterocycles. The quantitative estimate of drug-likeness (QED) is 0.385. The normalized spacial score (nSPS) is 11.6. The molecule has 0 bridgehead atoms. The minimum Gasteiger partial charge on any atom is -0.489 e. The first-order valence-corrected chi connectivity index (χ1v) is 7.93. The number of nitrogens with zero attached hydrogens (tertiary/aromatic N) is 1. The predicted molar refractivity (Wildman–Crippen MR) is 98.2 cm³/mol. The molecule has 0 aliphatic carbocycles. The molecule has 1 rings (SSSR count). The van der Waals surface area contributed by atoms with E-state index in [9.17, 15) is 4.79 Å². The highest BCUT2D eigenvalue weighted by atomic mass is 16.5. The fourth-order valence-electron chi connectivity index (χ4n) is 2.06. The Morgan fingerprint density at radius 2 is 2.04 bits per heavy atom. The average Bonchev–Trinajstić information content (AvgIpc) is 2.60. The van der Waals surface area contributed by atoms with Crippen molar-refractivity contribution in [3.63, 3.8) is 0 Å². The van der Waals surface area contributed by atoms with Gasteiger partial charge in [-0.3, -0.25) is 9.79 Å². The van der Waals surface area contributed by atoms with Crippen LogP contribution in [-0.2, 0) is 11.3 Å². The maximum absolute atomic E-state index is 11.8. The van der Waals surface area contributed by atoms with Gasteiger partial charge in [-0.05, 0) is 19.9 Å². The van der Waals surface area contributed by atoms with Gasteiger partial charge in [0.1, 0.15) is 12.4 Å². The van der Waals surface area contributed by atoms with Crippen LogP contribution >= 0.6 is 0 Å². The van der Waals surface area contributed by atoms with Crippen molar-refractivity contribution < 1.29 is 9.53 Å². The summed E-state index contributed by atoms with van der Waals surface area (Å²) in [5, 5.41) is 9.08. The van der Waals surface area contributed by atoms with Crippen molar-refractivity contribution in [3.05, 3.63) is 42.5 Å². The third-order valence-corrected chi connectivity index (χ3v) is 3.54. The Hall–Kier alpha value is -2.50. The molecule has 0 radical (unpaired) electrons. The lowest BCUT2D eigenvalue weighted by Gasteiger charge is -2.24. The van der Waals surface area contributed by atoms with Crippen molar-refractivity contribution in [2.24, 2.45) is 10.4 Å². The second kappa shape index (κ2) is 9.60. The van der Waals surface area contributed by atoms with E-state index in [2.05, 4.69) is 27.5 Å². The molecule has 0 spiro atoms. The third-order valence-electron chi connectivity index (χ3n) is 3.54.